The van der Waals surface area contributed by atoms with Crippen LogP contribution in [0.25, 0.3) is 11.1 Å². The number of hydrogen-bond donors (Lipinski definition) is 1. The van der Waals surface area contributed by atoms with Gasteiger partial charge in [0.05, 0.1) is 13.2 Å². The van der Waals surface area contributed by atoms with Crippen molar-refractivity contribution < 1.29 is 23.5 Å². The van der Waals surface area contributed by atoms with Crippen molar-refractivity contribution in [3.05, 3.63) is 58.1 Å². The molecule has 0 aliphatic rings. The molecule has 0 amide bonds. The van der Waals surface area contributed by atoms with Crippen LogP contribution in [0.5, 0.6) is 0 Å². The summed E-state index contributed by atoms with van der Waals surface area (Å²) in [6, 6.07) is 12.7. The zero-order valence-corrected chi connectivity index (χ0v) is 20.1. The number of ketones is 1. The second-order valence-corrected chi connectivity index (χ2v) is 9.53. The Kier molecular flexibility index (Phi) is 12.8. The summed E-state index contributed by atoms with van der Waals surface area (Å²) in [6.07, 6.45) is 1.83. The quantitative estimate of drug-likeness (QED) is 0.211. The van der Waals surface area contributed by atoms with Crippen LogP contribution < -0.4 is 0 Å². The average molecular weight is 496 g/mol. The summed E-state index contributed by atoms with van der Waals surface area (Å²) in [4.78, 5) is 12.0. The summed E-state index contributed by atoms with van der Waals surface area (Å²) in [5, 5.41) is 9.91. The molecule has 0 saturated carbocycles. The fraction of sp³-hybridized carbons (Fsp3) is 0.381. The van der Waals surface area contributed by atoms with Gasteiger partial charge in [0.2, 0.25) is 0 Å². The van der Waals surface area contributed by atoms with Crippen LogP contribution >= 0.6 is 41.4 Å². The second-order valence-electron chi connectivity index (χ2n) is 6.07. The van der Waals surface area contributed by atoms with Crippen LogP contribution in [-0.4, -0.2) is 30.7 Å². The van der Waals surface area contributed by atoms with Crippen molar-refractivity contribution in [2.45, 2.75) is 33.1 Å². The van der Waals surface area contributed by atoms with Gasteiger partial charge >= 0.3 is 6.95 Å². The first-order valence-corrected chi connectivity index (χ1v) is 12.7. The molecule has 2 aromatic rings. The molecule has 0 atom stereocenters. The highest BCUT2D eigenvalue weighted by atomic mass is 35.7. The minimum Gasteiger partial charge on any atom is -0.396 e. The van der Waals surface area contributed by atoms with Crippen LogP contribution in [0.3, 0.4) is 0 Å². The van der Waals surface area contributed by atoms with E-state index in [-0.39, 0.29) is 12.4 Å². The molecule has 2 rings (SSSR count). The lowest BCUT2D eigenvalue weighted by molar-refractivity contribution is 0.0977. The van der Waals surface area contributed by atoms with E-state index in [2.05, 4.69) is 9.05 Å². The molecule has 0 aliphatic carbocycles. The predicted molar refractivity (Wildman–Crippen MR) is 124 cm³/mol. The molecule has 2 aromatic carbocycles. The fourth-order valence-corrected chi connectivity index (χ4v) is 4.24. The topological polar surface area (TPSA) is 72.8 Å². The van der Waals surface area contributed by atoms with Crippen molar-refractivity contribution >= 4 is 47.2 Å². The number of aliphatic hydroxyl groups excluding tert-OH is 1. The first kappa shape index (κ1) is 27.1. The van der Waals surface area contributed by atoms with Gasteiger partial charge in [-0.05, 0) is 44.4 Å². The molecular weight excluding hydrogens is 470 g/mol. The van der Waals surface area contributed by atoms with Crippen LogP contribution in [0.1, 0.15) is 43.5 Å². The highest BCUT2D eigenvalue weighted by Crippen LogP contribution is 2.53. The third-order valence-corrected chi connectivity index (χ3v) is 6.09. The molecule has 0 fully saturated rings. The van der Waals surface area contributed by atoms with Crippen LogP contribution in [0.2, 0.25) is 10.0 Å². The molecule has 0 bridgehead atoms. The Hall–Kier alpha value is -0.910. The summed E-state index contributed by atoms with van der Waals surface area (Å²) >= 11 is 17.3. The monoisotopic (exact) mass is 494 g/mol. The molecular formula is C21H26Cl3O5P. The number of carbonyl (C=O) groups excluding carboxylic acids is 1. The summed E-state index contributed by atoms with van der Waals surface area (Å²) < 4.78 is 19.9. The number of unbranched alkanes of at least 4 members (excludes halogenated alkanes) is 1. The van der Waals surface area contributed by atoms with Crippen molar-refractivity contribution in [1.82, 2.24) is 0 Å². The van der Waals surface area contributed by atoms with Crippen molar-refractivity contribution in [3.8, 4) is 11.1 Å². The van der Waals surface area contributed by atoms with Gasteiger partial charge in [0.1, 0.15) is 0 Å². The lowest BCUT2D eigenvalue weighted by atomic mass is 10.0. The number of carbonyl (C=O) groups is 1. The maximum absolute atomic E-state index is 12.0. The maximum atomic E-state index is 12.0. The summed E-state index contributed by atoms with van der Waals surface area (Å²) in [7, 11) is 0. The fourth-order valence-electron chi connectivity index (χ4n) is 2.45. The minimum absolute atomic E-state index is 0.0946. The summed E-state index contributed by atoms with van der Waals surface area (Å²) in [5.41, 5.74) is 2.52. The smallest absolute Gasteiger partial charge is 0.396 e. The third-order valence-electron chi connectivity index (χ3n) is 3.83. The Morgan fingerprint density at radius 3 is 2.10 bits per heavy atom. The van der Waals surface area contributed by atoms with E-state index in [9.17, 15) is 9.36 Å². The van der Waals surface area contributed by atoms with E-state index >= 15 is 0 Å². The minimum atomic E-state index is -3.22. The van der Waals surface area contributed by atoms with Crippen molar-refractivity contribution in [1.29, 1.82) is 0 Å². The van der Waals surface area contributed by atoms with Crippen molar-refractivity contribution in [2.75, 3.05) is 19.8 Å². The van der Waals surface area contributed by atoms with Crippen LogP contribution in [0.15, 0.2) is 42.5 Å². The number of Topliss-reactive ketones (excluding diaryl/α,β-unsaturated/α-hetero) is 1. The standard InChI is InChI=1S/C17H16Cl2O2.C4H10ClO3P/c18-14-8-9-15(16(19)11-14)12-4-6-13(7-5-12)17(21)3-1-2-10-20;1-3-7-9(5,6)8-4-2/h4-9,11,20H,1-3,10H2;3-4H2,1-2H3. The van der Waals surface area contributed by atoms with Crippen LogP contribution in [0.4, 0.5) is 0 Å². The molecule has 0 radical (unpaired) electrons. The highest BCUT2D eigenvalue weighted by molar-refractivity contribution is 7.81. The van der Waals surface area contributed by atoms with Gasteiger partial charge in [-0.25, -0.2) is 4.57 Å². The van der Waals surface area contributed by atoms with E-state index in [1.54, 1.807) is 26.0 Å². The second kappa shape index (κ2) is 14.2. The van der Waals surface area contributed by atoms with Gasteiger partial charge in [0.15, 0.2) is 5.78 Å². The zero-order valence-electron chi connectivity index (χ0n) is 16.9. The molecule has 166 valence electrons. The predicted octanol–water partition coefficient (Wildman–Crippen LogP) is 7.41. The summed E-state index contributed by atoms with van der Waals surface area (Å²) in [6.45, 7) is 0.923. The van der Waals surface area contributed by atoms with E-state index < -0.39 is 6.95 Å². The first-order chi connectivity index (χ1) is 14.2. The lowest BCUT2D eigenvalue weighted by Gasteiger charge is -2.06. The normalized spacial score (nSPS) is 11.0. The average Bonchev–Trinajstić information content (AvgIpc) is 2.69. The van der Waals surface area contributed by atoms with Gasteiger partial charge < -0.3 is 5.11 Å². The number of rotatable bonds is 10. The molecule has 0 saturated heterocycles. The lowest BCUT2D eigenvalue weighted by Crippen LogP contribution is -1.99. The third kappa shape index (κ3) is 9.93. The van der Waals surface area contributed by atoms with Crippen molar-refractivity contribution in [3.63, 3.8) is 0 Å². The Morgan fingerprint density at radius 2 is 1.60 bits per heavy atom. The van der Waals surface area contributed by atoms with E-state index in [0.29, 0.717) is 48.1 Å². The number of hydrogen-bond acceptors (Lipinski definition) is 5. The molecule has 0 unspecified atom stereocenters. The van der Waals surface area contributed by atoms with E-state index in [4.69, 9.17) is 39.5 Å². The Morgan fingerprint density at radius 1 is 1.00 bits per heavy atom. The van der Waals surface area contributed by atoms with Gasteiger partial charge in [-0.1, -0.05) is 53.5 Å². The SMILES string of the molecule is CCOP(=O)(Cl)OCC.O=C(CCCCO)c1ccc(-c2ccc(Cl)cc2Cl)cc1. The number of aliphatic hydroxyl groups is 1. The number of benzene rings is 2. The molecule has 0 spiro atoms. The molecule has 1 N–H and O–H groups in total. The number of halogens is 3. The van der Waals surface area contributed by atoms with E-state index in [1.807, 2.05) is 30.3 Å². The van der Waals surface area contributed by atoms with Gasteiger partial charge in [-0.15, -0.1) is 0 Å². The zero-order chi connectivity index (χ0) is 22.6. The molecule has 0 aliphatic heterocycles. The molecule has 9 heteroatoms. The van der Waals surface area contributed by atoms with Gasteiger partial charge in [0.25, 0.3) is 0 Å². The largest absolute Gasteiger partial charge is 0.424 e. The van der Waals surface area contributed by atoms with Crippen LogP contribution in [0, 0.1) is 0 Å². The maximum Gasteiger partial charge on any atom is 0.424 e. The van der Waals surface area contributed by atoms with Gasteiger partial charge in [-0.2, -0.15) is 0 Å². The summed E-state index contributed by atoms with van der Waals surface area (Å²) in [5.74, 6) is 0.0946. The van der Waals surface area contributed by atoms with E-state index in [1.165, 1.54) is 0 Å². The molecule has 0 aromatic heterocycles. The Bertz CT molecular complexity index is 833. The Labute approximate surface area is 192 Å². The molecule has 30 heavy (non-hydrogen) atoms. The molecule has 0 heterocycles. The highest BCUT2D eigenvalue weighted by Gasteiger charge is 2.17. The Balaban J connectivity index is 0.000000424. The van der Waals surface area contributed by atoms with Gasteiger partial charge in [-0.3, -0.25) is 13.8 Å². The van der Waals surface area contributed by atoms with E-state index in [0.717, 1.165) is 11.1 Å². The van der Waals surface area contributed by atoms with Crippen LogP contribution in [-0.2, 0) is 13.6 Å². The van der Waals surface area contributed by atoms with Gasteiger partial charge in [0, 0.05) is 45.4 Å². The first-order valence-electron chi connectivity index (χ1n) is 9.52. The van der Waals surface area contributed by atoms with Crippen molar-refractivity contribution in [2.24, 2.45) is 0 Å². The molecule has 5 nitrogen and oxygen atoms in total.